The van der Waals surface area contributed by atoms with Gasteiger partial charge in [0.15, 0.2) is 0 Å². The van der Waals surface area contributed by atoms with E-state index in [-0.39, 0.29) is 0 Å². The molecule has 76 heavy (non-hydrogen) atoms. The Bertz CT molecular complexity index is 4370. The normalized spacial score (nSPS) is 13.7. The highest BCUT2D eigenvalue weighted by Crippen LogP contribution is 2.62. The molecule has 0 bridgehead atoms. The zero-order chi connectivity index (χ0) is 50.0. The quantitative estimate of drug-likeness (QED) is 0.155. The summed E-state index contributed by atoms with van der Waals surface area (Å²) in [6, 6.07) is 109. The van der Waals surface area contributed by atoms with Gasteiger partial charge in [0.05, 0.1) is 33.2 Å². The Kier molecular flexibility index (Phi) is 9.20. The van der Waals surface area contributed by atoms with Crippen molar-refractivity contribution in [3.63, 3.8) is 0 Å². The van der Waals surface area contributed by atoms with Gasteiger partial charge in [-0.25, -0.2) is 0 Å². The number of nitrogens with zero attached hydrogens (tertiary/aromatic N) is 2. The van der Waals surface area contributed by atoms with E-state index in [9.17, 15) is 0 Å². The first-order valence-electron chi connectivity index (χ1n) is 26.5. The average Bonchev–Trinajstić information content (AvgIpc) is 4.12. The zero-order valence-electron chi connectivity index (χ0n) is 41.6. The summed E-state index contributed by atoms with van der Waals surface area (Å²) in [5.41, 5.74) is 25.9. The fourth-order valence-corrected chi connectivity index (χ4v) is 14.1. The van der Waals surface area contributed by atoms with Crippen LogP contribution in [0.3, 0.4) is 0 Å². The van der Waals surface area contributed by atoms with Crippen LogP contribution < -0.4 is 4.90 Å². The summed E-state index contributed by atoms with van der Waals surface area (Å²) in [5.74, 6) is 0. The Labute approximate surface area is 442 Å². The van der Waals surface area contributed by atoms with Gasteiger partial charge in [-0.1, -0.05) is 255 Å². The fraction of sp³-hybridized carbons (Fsp3) is 0.0270. The van der Waals surface area contributed by atoms with Crippen molar-refractivity contribution in [1.82, 2.24) is 4.57 Å². The summed E-state index contributed by atoms with van der Waals surface area (Å²) < 4.78 is 2.58. The summed E-state index contributed by atoms with van der Waals surface area (Å²) >= 11 is 0. The molecule has 12 aromatic carbocycles. The van der Waals surface area contributed by atoms with E-state index < -0.39 is 10.8 Å². The topological polar surface area (TPSA) is 8.17 Å². The molecule has 2 aliphatic carbocycles. The summed E-state index contributed by atoms with van der Waals surface area (Å²) in [4.78, 5) is 2.54. The number of hydrogen-bond acceptors (Lipinski definition) is 1. The predicted octanol–water partition coefficient (Wildman–Crippen LogP) is 18.6. The minimum atomic E-state index is -0.576. The number of anilines is 3. The molecular formula is C74H48N2. The van der Waals surface area contributed by atoms with E-state index in [0.717, 1.165) is 28.2 Å². The lowest BCUT2D eigenvalue weighted by Crippen LogP contribution is -2.33. The molecule has 0 saturated heterocycles. The highest BCUT2D eigenvalue weighted by atomic mass is 15.1. The van der Waals surface area contributed by atoms with Crippen LogP contribution in [0.1, 0.15) is 44.5 Å². The van der Waals surface area contributed by atoms with Gasteiger partial charge < -0.3 is 9.47 Å². The molecule has 13 aromatic rings. The van der Waals surface area contributed by atoms with Crippen LogP contribution in [-0.4, -0.2) is 4.57 Å². The van der Waals surface area contributed by atoms with Gasteiger partial charge in [-0.2, -0.15) is 0 Å². The van der Waals surface area contributed by atoms with Gasteiger partial charge in [-0.15, -0.1) is 0 Å². The Morgan fingerprint density at radius 3 is 1.42 bits per heavy atom. The third kappa shape index (κ3) is 5.76. The van der Waals surface area contributed by atoms with Crippen molar-refractivity contribution in [3.8, 4) is 50.2 Å². The number of fused-ring (bicyclic) bond motifs is 15. The smallest absolute Gasteiger partial charge is 0.0754 e. The van der Waals surface area contributed by atoms with Gasteiger partial charge in [0, 0.05) is 27.7 Å². The Morgan fingerprint density at radius 2 is 0.750 bits per heavy atom. The van der Waals surface area contributed by atoms with Gasteiger partial charge >= 0.3 is 0 Å². The zero-order valence-corrected chi connectivity index (χ0v) is 41.6. The second-order valence-electron chi connectivity index (χ2n) is 20.7. The molecule has 0 unspecified atom stereocenters. The van der Waals surface area contributed by atoms with Crippen molar-refractivity contribution in [2.24, 2.45) is 0 Å². The van der Waals surface area contributed by atoms with Gasteiger partial charge in [0.2, 0.25) is 0 Å². The molecule has 1 spiro atoms. The number of para-hydroxylation sites is 3. The van der Waals surface area contributed by atoms with E-state index >= 15 is 0 Å². The molecule has 2 heteroatoms. The maximum atomic E-state index is 2.58. The first-order chi connectivity index (χ1) is 37.7. The molecule has 1 aromatic heterocycles. The van der Waals surface area contributed by atoms with E-state index in [1.807, 2.05) is 0 Å². The second kappa shape index (κ2) is 16.4. The minimum Gasteiger partial charge on any atom is -0.310 e. The van der Waals surface area contributed by atoms with E-state index in [1.165, 1.54) is 105 Å². The maximum absolute atomic E-state index is 2.58. The Balaban J connectivity index is 0.998. The van der Waals surface area contributed by atoms with Crippen LogP contribution >= 0.6 is 0 Å². The number of benzene rings is 12. The molecule has 0 saturated carbocycles. The molecule has 0 fully saturated rings. The molecule has 3 aliphatic rings. The number of hydrogen-bond donors (Lipinski definition) is 0. The van der Waals surface area contributed by atoms with Crippen LogP contribution in [0, 0.1) is 0 Å². The lowest BCUT2D eigenvalue weighted by Gasteiger charge is -2.40. The molecule has 0 radical (unpaired) electrons. The largest absolute Gasteiger partial charge is 0.310 e. The molecular weight excluding hydrogens is 917 g/mol. The van der Waals surface area contributed by atoms with E-state index in [0.29, 0.717) is 0 Å². The monoisotopic (exact) mass is 964 g/mol. The molecule has 0 atom stereocenters. The third-order valence-electron chi connectivity index (χ3n) is 17.1. The van der Waals surface area contributed by atoms with Crippen molar-refractivity contribution in [2.75, 3.05) is 4.90 Å². The minimum absolute atomic E-state index is 0.557. The van der Waals surface area contributed by atoms with E-state index in [2.05, 4.69) is 301 Å². The first-order valence-corrected chi connectivity index (χ1v) is 26.5. The molecule has 354 valence electrons. The van der Waals surface area contributed by atoms with Crippen LogP contribution in [-0.2, 0) is 10.8 Å². The highest BCUT2D eigenvalue weighted by Gasteiger charge is 2.51. The molecule has 0 amide bonds. The SMILES string of the molecule is c1ccc(-c2ccc(-c3ccccc3N(c3ccc4c(c3)-n3c5ccccc5c5cccc(c53)C43c4ccccc4-c4ccccc43)c3ccc4c(c3)C(c3ccccc3)(c3ccccc3)c3ccccc3-4)cc2)cc1. The summed E-state index contributed by atoms with van der Waals surface area (Å²) in [6.45, 7) is 0. The van der Waals surface area contributed by atoms with E-state index in [4.69, 9.17) is 0 Å². The van der Waals surface area contributed by atoms with Crippen LogP contribution in [0.2, 0.25) is 0 Å². The van der Waals surface area contributed by atoms with Crippen molar-refractivity contribution < 1.29 is 0 Å². The van der Waals surface area contributed by atoms with Gasteiger partial charge in [0.1, 0.15) is 0 Å². The lowest BCUT2D eigenvalue weighted by molar-refractivity contribution is 0.748. The van der Waals surface area contributed by atoms with Gasteiger partial charge in [-0.05, 0) is 120 Å². The molecule has 1 aliphatic heterocycles. The fourth-order valence-electron chi connectivity index (χ4n) is 14.1. The van der Waals surface area contributed by atoms with E-state index in [1.54, 1.807) is 0 Å². The van der Waals surface area contributed by atoms with Gasteiger partial charge in [0.25, 0.3) is 0 Å². The third-order valence-corrected chi connectivity index (χ3v) is 17.1. The lowest BCUT2D eigenvalue weighted by atomic mass is 9.65. The maximum Gasteiger partial charge on any atom is 0.0754 e. The standard InChI is InChI=1S/C74H48N2/c1-4-21-49(22-5-1)50-39-41-51(42-40-50)56-27-13-18-37-69(56)75(54-43-45-60-59-30-10-15-33-63(59)73(68(60)47-54,52-23-6-2-7-24-52)53-25-8-3-9-26-53)55-44-46-66-71(48-55)76-70-38-19-14-31-61(70)62-32-20-36-67(72(62)76)74(66)64-34-16-11-28-57(64)58-29-12-17-35-65(58)74/h1-48H. The summed E-state index contributed by atoms with van der Waals surface area (Å²) in [7, 11) is 0. The Morgan fingerprint density at radius 1 is 0.276 bits per heavy atom. The Hall–Kier alpha value is -9.76. The first kappa shape index (κ1) is 42.7. The van der Waals surface area contributed by atoms with Crippen molar-refractivity contribution >= 4 is 38.9 Å². The summed E-state index contributed by atoms with van der Waals surface area (Å²) in [6.07, 6.45) is 0. The highest BCUT2D eigenvalue weighted by molar-refractivity contribution is 6.13. The molecule has 2 heterocycles. The molecule has 2 nitrogen and oxygen atoms in total. The van der Waals surface area contributed by atoms with Crippen molar-refractivity contribution in [1.29, 1.82) is 0 Å². The molecule has 0 N–H and O–H groups in total. The number of rotatable bonds is 7. The predicted molar refractivity (Wildman–Crippen MR) is 315 cm³/mol. The average molecular weight is 965 g/mol. The molecule has 16 rings (SSSR count). The van der Waals surface area contributed by atoms with Gasteiger partial charge in [-0.3, -0.25) is 0 Å². The van der Waals surface area contributed by atoms with Crippen LogP contribution in [0.5, 0.6) is 0 Å². The van der Waals surface area contributed by atoms with Crippen LogP contribution in [0.4, 0.5) is 17.1 Å². The second-order valence-corrected chi connectivity index (χ2v) is 20.7. The van der Waals surface area contributed by atoms with Crippen LogP contribution in [0.25, 0.3) is 72.0 Å². The van der Waals surface area contributed by atoms with Crippen molar-refractivity contribution in [3.05, 3.63) is 336 Å². The number of aromatic nitrogens is 1. The van der Waals surface area contributed by atoms with Crippen molar-refractivity contribution in [2.45, 2.75) is 10.8 Å². The summed E-state index contributed by atoms with van der Waals surface area (Å²) in [5, 5.41) is 2.52. The van der Waals surface area contributed by atoms with Crippen LogP contribution in [0.15, 0.2) is 291 Å².